The molecule has 0 saturated heterocycles. The van der Waals surface area contributed by atoms with Crippen molar-refractivity contribution in [2.75, 3.05) is 0 Å². The van der Waals surface area contributed by atoms with Gasteiger partial charge in [-0.05, 0) is 36.6 Å². The van der Waals surface area contributed by atoms with E-state index < -0.39 is 0 Å². The minimum Gasteiger partial charge on any atom is -0.331 e. The van der Waals surface area contributed by atoms with Crippen LogP contribution in [0.2, 0.25) is 0 Å². The summed E-state index contributed by atoms with van der Waals surface area (Å²) in [5.74, 6) is 0.0660. The number of hydrogen-bond donors (Lipinski definition) is 1. The first-order chi connectivity index (χ1) is 10.8. The lowest BCUT2D eigenvalue weighted by molar-refractivity contribution is 0.0730. The maximum absolute atomic E-state index is 12.9. The Morgan fingerprint density at radius 1 is 1.09 bits per heavy atom. The fourth-order valence-corrected chi connectivity index (χ4v) is 2.67. The lowest BCUT2D eigenvalue weighted by atomic mass is 10.1. The molecule has 0 bridgehead atoms. The van der Waals surface area contributed by atoms with Crippen LogP contribution in [0.25, 0.3) is 11.0 Å². The fraction of sp³-hybridized carbons (Fsp3) is 0.235. The summed E-state index contributed by atoms with van der Waals surface area (Å²) in [6.07, 6.45) is 2.18. The van der Waals surface area contributed by atoms with Gasteiger partial charge in [0, 0.05) is 18.2 Å². The molecular formula is C17H16N4O. The molecule has 4 rings (SSSR count). The first kappa shape index (κ1) is 13.0. The van der Waals surface area contributed by atoms with Gasteiger partial charge >= 0.3 is 0 Å². The predicted molar refractivity (Wildman–Crippen MR) is 83.2 cm³/mol. The van der Waals surface area contributed by atoms with Crippen molar-refractivity contribution in [2.45, 2.75) is 25.4 Å². The van der Waals surface area contributed by atoms with Crippen molar-refractivity contribution in [3.05, 3.63) is 59.7 Å². The van der Waals surface area contributed by atoms with Crippen molar-refractivity contribution < 1.29 is 4.79 Å². The van der Waals surface area contributed by atoms with Gasteiger partial charge in [0.15, 0.2) is 0 Å². The summed E-state index contributed by atoms with van der Waals surface area (Å²) in [6, 6.07) is 16.0. The van der Waals surface area contributed by atoms with E-state index in [4.69, 9.17) is 0 Å². The van der Waals surface area contributed by atoms with Gasteiger partial charge in [0.2, 0.25) is 0 Å². The Labute approximate surface area is 127 Å². The van der Waals surface area contributed by atoms with Crippen LogP contribution in [0, 0.1) is 0 Å². The third-order valence-corrected chi connectivity index (χ3v) is 4.01. The third-order valence-electron chi connectivity index (χ3n) is 4.01. The predicted octanol–water partition coefficient (Wildman–Crippen LogP) is 2.76. The molecule has 0 aliphatic heterocycles. The van der Waals surface area contributed by atoms with E-state index in [1.54, 1.807) is 0 Å². The number of benzene rings is 2. The van der Waals surface area contributed by atoms with Gasteiger partial charge in [-0.15, -0.1) is 0 Å². The highest BCUT2D eigenvalue weighted by Crippen LogP contribution is 2.30. The van der Waals surface area contributed by atoms with Crippen LogP contribution in [-0.4, -0.2) is 32.3 Å². The zero-order valence-electron chi connectivity index (χ0n) is 12.1. The van der Waals surface area contributed by atoms with Gasteiger partial charge in [0.05, 0.1) is 0 Å². The normalized spacial score (nSPS) is 14.2. The van der Waals surface area contributed by atoms with Crippen LogP contribution in [0.1, 0.15) is 28.8 Å². The molecule has 1 aromatic heterocycles. The fourth-order valence-electron chi connectivity index (χ4n) is 2.67. The number of rotatable bonds is 4. The van der Waals surface area contributed by atoms with Crippen LogP contribution in [0.4, 0.5) is 0 Å². The van der Waals surface area contributed by atoms with Gasteiger partial charge in [0.1, 0.15) is 11.0 Å². The number of aromatic amines is 1. The van der Waals surface area contributed by atoms with Crippen LogP contribution < -0.4 is 0 Å². The van der Waals surface area contributed by atoms with Crippen molar-refractivity contribution >= 4 is 16.9 Å². The molecule has 1 fully saturated rings. The zero-order chi connectivity index (χ0) is 14.9. The van der Waals surface area contributed by atoms with E-state index in [1.165, 1.54) is 0 Å². The van der Waals surface area contributed by atoms with E-state index in [0.717, 1.165) is 29.4 Å². The molecule has 1 N–H and O–H groups in total. The number of carbonyl (C=O) groups excluding carboxylic acids is 1. The molecule has 0 unspecified atom stereocenters. The monoisotopic (exact) mass is 292 g/mol. The van der Waals surface area contributed by atoms with E-state index in [1.807, 2.05) is 41.3 Å². The second kappa shape index (κ2) is 5.26. The highest BCUT2D eigenvalue weighted by atomic mass is 16.2. The standard InChI is InChI=1S/C17H16N4O/c22-17(13-6-9-15-16(10-13)19-20-18-15)21(14-7-8-14)11-12-4-2-1-3-5-12/h1-6,9-10,14H,7-8,11H2,(H,18,19,20). The van der Waals surface area contributed by atoms with Crippen LogP contribution in [-0.2, 0) is 6.54 Å². The summed E-state index contributed by atoms with van der Waals surface area (Å²) in [5, 5.41) is 10.7. The minimum atomic E-state index is 0.0660. The maximum atomic E-state index is 12.9. The molecule has 1 saturated carbocycles. The number of nitrogens with zero attached hydrogens (tertiary/aromatic N) is 3. The highest BCUT2D eigenvalue weighted by Gasteiger charge is 2.33. The van der Waals surface area contributed by atoms with E-state index in [2.05, 4.69) is 27.5 Å². The topological polar surface area (TPSA) is 61.9 Å². The van der Waals surface area contributed by atoms with Crippen molar-refractivity contribution in [2.24, 2.45) is 0 Å². The second-order valence-corrected chi connectivity index (χ2v) is 5.68. The van der Waals surface area contributed by atoms with Crippen LogP contribution in [0.3, 0.4) is 0 Å². The van der Waals surface area contributed by atoms with Gasteiger partial charge in [-0.25, -0.2) is 0 Å². The first-order valence-electron chi connectivity index (χ1n) is 7.47. The van der Waals surface area contributed by atoms with E-state index in [9.17, 15) is 4.79 Å². The molecule has 0 spiro atoms. The van der Waals surface area contributed by atoms with Gasteiger partial charge in [0.25, 0.3) is 5.91 Å². The van der Waals surface area contributed by atoms with Gasteiger partial charge < -0.3 is 4.90 Å². The number of carbonyl (C=O) groups is 1. The Hall–Kier alpha value is -2.69. The van der Waals surface area contributed by atoms with Crippen molar-refractivity contribution in [1.29, 1.82) is 0 Å². The molecule has 0 radical (unpaired) electrons. The van der Waals surface area contributed by atoms with E-state index in [-0.39, 0.29) is 5.91 Å². The average Bonchev–Trinajstić information content (AvgIpc) is 3.29. The quantitative estimate of drug-likeness (QED) is 0.804. The Balaban J connectivity index is 1.62. The lowest BCUT2D eigenvalue weighted by Crippen LogP contribution is -2.32. The van der Waals surface area contributed by atoms with Crippen molar-refractivity contribution in [1.82, 2.24) is 20.3 Å². The van der Waals surface area contributed by atoms with Crippen molar-refractivity contribution in [3.63, 3.8) is 0 Å². The SMILES string of the molecule is O=C(c1ccc2n[nH]nc2c1)N(Cc1ccccc1)C1CC1. The summed E-state index contributed by atoms with van der Waals surface area (Å²) in [4.78, 5) is 14.8. The third kappa shape index (κ3) is 2.45. The number of hydrogen-bond acceptors (Lipinski definition) is 3. The zero-order valence-corrected chi connectivity index (χ0v) is 12.1. The Morgan fingerprint density at radius 3 is 2.64 bits per heavy atom. The number of aromatic nitrogens is 3. The maximum Gasteiger partial charge on any atom is 0.254 e. The van der Waals surface area contributed by atoms with Crippen LogP contribution >= 0.6 is 0 Å². The Bertz CT molecular complexity index is 808. The first-order valence-corrected chi connectivity index (χ1v) is 7.47. The summed E-state index contributed by atoms with van der Waals surface area (Å²) in [5.41, 5.74) is 3.33. The second-order valence-electron chi connectivity index (χ2n) is 5.68. The molecule has 2 aromatic carbocycles. The molecule has 5 heteroatoms. The molecule has 1 aliphatic rings. The van der Waals surface area contributed by atoms with Gasteiger partial charge in [-0.1, -0.05) is 30.3 Å². The summed E-state index contributed by atoms with van der Waals surface area (Å²) < 4.78 is 0. The lowest BCUT2D eigenvalue weighted by Gasteiger charge is -2.22. The molecular weight excluding hydrogens is 276 g/mol. The molecule has 0 atom stereocenters. The molecule has 1 heterocycles. The largest absolute Gasteiger partial charge is 0.331 e. The van der Waals surface area contributed by atoms with Gasteiger partial charge in [-0.3, -0.25) is 4.79 Å². The average molecular weight is 292 g/mol. The number of H-pyrrole nitrogens is 1. The van der Waals surface area contributed by atoms with E-state index in [0.29, 0.717) is 18.2 Å². The number of amides is 1. The minimum absolute atomic E-state index is 0.0660. The van der Waals surface area contributed by atoms with Gasteiger partial charge in [-0.2, -0.15) is 15.4 Å². The molecule has 110 valence electrons. The summed E-state index contributed by atoms with van der Waals surface area (Å²) in [7, 11) is 0. The number of nitrogens with one attached hydrogen (secondary N) is 1. The molecule has 5 nitrogen and oxygen atoms in total. The molecule has 22 heavy (non-hydrogen) atoms. The van der Waals surface area contributed by atoms with Crippen molar-refractivity contribution in [3.8, 4) is 0 Å². The Kier molecular flexibility index (Phi) is 3.11. The summed E-state index contributed by atoms with van der Waals surface area (Å²) >= 11 is 0. The van der Waals surface area contributed by atoms with Crippen LogP contribution in [0.5, 0.6) is 0 Å². The molecule has 3 aromatic rings. The summed E-state index contributed by atoms with van der Waals surface area (Å²) in [6.45, 7) is 0.654. The molecule has 1 aliphatic carbocycles. The highest BCUT2D eigenvalue weighted by molar-refractivity contribution is 5.97. The molecule has 1 amide bonds. The Morgan fingerprint density at radius 2 is 1.86 bits per heavy atom. The smallest absolute Gasteiger partial charge is 0.254 e. The van der Waals surface area contributed by atoms with Crippen LogP contribution in [0.15, 0.2) is 48.5 Å². The van der Waals surface area contributed by atoms with E-state index >= 15 is 0 Å². The number of fused-ring (bicyclic) bond motifs is 1.